The lowest BCUT2D eigenvalue weighted by atomic mass is 9.77. The van der Waals surface area contributed by atoms with Crippen LogP contribution in [0.25, 0.3) is 0 Å². The molecule has 0 radical (unpaired) electrons. The number of sulfonamides is 1. The molecule has 0 amide bonds. The van der Waals surface area contributed by atoms with Crippen LogP contribution in [0.3, 0.4) is 0 Å². The van der Waals surface area contributed by atoms with Gasteiger partial charge in [0, 0.05) is 25.9 Å². The van der Waals surface area contributed by atoms with Gasteiger partial charge < -0.3 is 0 Å². The van der Waals surface area contributed by atoms with E-state index in [9.17, 15) is 13.2 Å². The fourth-order valence-electron chi connectivity index (χ4n) is 5.14. The normalized spacial score (nSPS) is 32.8. The second-order valence-corrected chi connectivity index (χ2v) is 10.2. The number of Topliss-reactive ketones (excluding diaryl/α,β-unsaturated/α-hetero) is 1. The molecule has 2 fully saturated rings. The van der Waals surface area contributed by atoms with Crippen molar-refractivity contribution in [3.05, 3.63) is 41.0 Å². The first kappa shape index (κ1) is 17.9. The predicted octanol–water partition coefficient (Wildman–Crippen LogP) is 3.71. The van der Waals surface area contributed by atoms with Crippen molar-refractivity contribution in [3.63, 3.8) is 0 Å². The molecule has 1 saturated carbocycles. The summed E-state index contributed by atoms with van der Waals surface area (Å²) in [6.07, 6.45) is 4.53. The van der Waals surface area contributed by atoms with E-state index in [4.69, 9.17) is 0 Å². The van der Waals surface area contributed by atoms with E-state index in [-0.39, 0.29) is 11.8 Å². The Morgan fingerprint density at radius 1 is 1.04 bits per heavy atom. The molecule has 0 spiro atoms. The molecular weight excluding hydrogens is 346 g/mol. The largest absolute Gasteiger partial charge is 0.300 e. The maximum Gasteiger partial charge on any atom is 0.243 e. The molecule has 1 aliphatic heterocycles. The number of carbonyl (C=O) groups is 1. The molecule has 1 heterocycles. The zero-order chi connectivity index (χ0) is 18.5. The van der Waals surface area contributed by atoms with E-state index >= 15 is 0 Å². The summed E-state index contributed by atoms with van der Waals surface area (Å²) in [7, 11) is -3.50. The Morgan fingerprint density at radius 2 is 1.77 bits per heavy atom. The van der Waals surface area contributed by atoms with Crippen LogP contribution in [0.4, 0.5) is 0 Å². The molecular formula is C21H27NO3S. The second kappa shape index (κ2) is 6.61. The zero-order valence-electron chi connectivity index (χ0n) is 15.6. The van der Waals surface area contributed by atoms with Gasteiger partial charge in [-0.05, 0) is 63.0 Å². The van der Waals surface area contributed by atoms with Crippen LogP contribution in [-0.2, 0) is 14.8 Å². The Bertz CT molecular complexity index is 854. The van der Waals surface area contributed by atoms with Gasteiger partial charge in [0.25, 0.3) is 0 Å². The zero-order valence-corrected chi connectivity index (χ0v) is 16.4. The van der Waals surface area contributed by atoms with Gasteiger partial charge in [-0.25, -0.2) is 8.42 Å². The molecule has 3 aliphatic rings. The van der Waals surface area contributed by atoms with E-state index in [1.807, 2.05) is 19.1 Å². The molecule has 4 rings (SSSR count). The SMILES string of the molecule is C/C1=C2\CCC[C@H]2CC(=O)CC2CN(S(=O)(=O)c3ccc(C)cc3)C[C@@H]12. The van der Waals surface area contributed by atoms with Gasteiger partial charge in [0.05, 0.1) is 4.90 Å². The van der Waals surface area contributed by atoms with Gasteiger partial charge in [-0.3, -0.25) is 4.79 Å². The minimum Gasteiger partial charge on any atom is -0.300 e. The number of allylic oxidation sites excluding steroid dienone is 1. The molecule has 4 nitrogen and oxygen atoms in total. The average Bonchev–Trinajstić information content (AvgIpc) is 3.21. The summed E-state index contributed by atoms with van der Waals surface area (Å²) < 4.78 is 27.8. The van der Waals surface area contributed by atoms with Crippen LogP contribution >= 0.6 is 0 Å². The van der Waals surface area contributed by atoms with Crippen LogP contribution < -0.4 is 0 Å². The lowest BCUT2D eigenvalue weighted by Crippen LogP contribution is -2.29. The monoisotopic (exact) mass is 373 g/mol. The minimum absolute atomic E-state index is 0.122. The molecule has 1 aromatic carbocycles. The van der Waals surface area contributed by atoms with Gasteiger partial charge >= 0.3 is 0 Å². The maximum atomic E-state index is 13.1. The highest BCUT2D eigenvalue weighted by Crippen LogP contribution is 2.45. The van der Waals surface area contributed by atoms with Crippen molar-refractivity contribution in [2.45, 2.75) is 50.8 Å². The molecule has 0 N–H and O–H groups in total. The van der Waals surface area contributed by atoms with Gasteiger partial charge in [0.1, 0.15) is 5.78 Å². The van der Waals surface area contributed by atoms with Crippen LogP contribution in [-0.4, -0.2) is 31.6 Å². The lowest BCUT2D eigenvalue weighted by Gasteiger charge is -2.26. The highest BCUT2D eigenvalue weighted by molar-refractivity contribution is 7.89. The minimum atomic E-state index is -3.50. The predicted molar refractivity (Wildman–Crippen MR) is 101 cm³/mol. The van der Waals surface area contributed by atoms with Crippen LogP contribution in [0.1, 0.15) is 44.6 Å². The molecule has 140 valence electrons. The third-order valence-electron chi connectivity index (χ3n) is 6.58. The molecule has 26 heavy (non-hydrogen) atoms. The van der Waals surface area contributed by atoms with Crippen molar-refractivity contribution in [2.75, 3.05) is 13.1 Å². The third-order valence-corrected chi connectivity index (χ3v) is 8.43. The van der Waals surface area contributed by atoms with Crippen LogP contribution in [0.5, 0.6) is 0 Å². The van der Waals surface area contributed by atoms with Crippen molar-refractivity contribution in [2.24, 2.45) is 17.8 Å². The van der Waals surface area contributed by atoms with Crippen LogP contribution in [0.15, 0.2) is 40.3 Å². The first-order valence-electron chi connectivity index (χ1n) is 9.64. The third kappa shape index (κ3) is 3.05. The van der Waals surface area contributed by atoms with E-state index in [2.05, 4.69) is 6.92 Å². The maximum absolute atomic E-state index is 13.1. The second-order valence-electron chi connectivity index (χ2n) is 8.25. The van der Waals surface area contributed by atoms with Crippen molar-refractivity contribution in [3.8, 4) is 0 Å². The van der Waals surface area contributed by atoms with E-state index < -0.39 is 10.0 Å². The first-order chi connectivity index (χ1) is 12.4. The van der Waals surface area contributed by atoms with Crippen molar-refractivity contribution in [1.82, 2.24) is 4.31 Å². The summed E-state index contributed by atoms with van der Waals surface area (Å²) in [5, 5.41) is 0. The molecule has 1 aromatic rings. The number of ketones is 1. The molecule has 0 bridgehead atoms. The molecule has 3 atom stereocenters. The summed E-state index contributed by atoms with van der Waals surface area (Å²) in [6, 6.07) is 7.06. The Morgan fingerprint density at radius 3 is 2.50 bits per heavy atom. The van der Waals surface area contributed by atoms with Gasteiger partial charge in [-0.1, -0.05) is 28.8 Å². The summed E-state index contributed by atoms with van der Waals surface area (Å²) in [4.78, 5) is 12.9. The van der Waals surface area contributed by atoms with Gasteiger partial charge in [0.15, 0.2) is 0 Å². The van der Waals surface area contributed by atoms with E-state index in [1.165, 1.54) is 11.1 Å². The number of hydrogen-bond acceptors (Lipinski definition) is 3. The molecule has 1 unspecified atom stereocenters. The Balaban J connectivity index is 1.66. The van der Waals surface area contributed by atoms with E-state index in [1.54, 1.807) is 16.4 Å². The van der Waals surface area contributed by atoms with E-state index in [0.29, 0.717) is 42.5 Å². The standard InChI is InChI=1S/C21H27NO3S/c1-14-6-8-19(9-7-14)26(24,25)22-12-17-11-18(23)10-16-4-3-5-20(16)15(2)21(17)13-22/h6-9,16-17,21H,3-5,10-13H2,1-2H3/b20-15-/t16-,17?,21-/m0/s1. The number of benzene rings is 1. The quantitative estimate of drug-likeness (QED) is 0.743. The molecule has 2 aliphatic carbocycles. The molecule has 5 heteroatoms. The summed E-state index contributed by atoms with van der Waals surface area (Å²) in [6.45, 7) is 5.11. The van der Waals surface area contributed by atoms with Crippen LogP contribution in [0, 0.1) is 24.7 Å². The molecule has 1 saturated heterocycles. The summed E-state index contributed by atoms with van der Waals surface area (Å²) in [5.41, 5.74) is 3.86. The topological polar surface area (TPSA) is 54.5 Å². The number of fused-ring (bicyclic) bond motifs is 2. The van der Waals surface area contributed by atoms with Gasteiger partial charge in [-0.15, -0.1) is 0 Å². The van der Waals surface area contributed by atoms with Crippen molar-refractivity contribution in [1.29, 1.82) is 0 Å². The Kier molecular flexibility index (Phi) is 4.56. The highest BCUT2D eigenvalue weighted by atomic mass is 32.2. The van der Waals surface area contributed by atoms with Crippen molar-refractivity contribution >= 4 is 15.8 Å². The number of nitrogens with zero attached hydrogens (tertiary/aromatic N) is 1. The highest BCUT2D eigenvalue weighted by Gasteiger charge is 2.43. The summed E-state index contributed by atoms with van der Waals surface area (Å²) >= 11 is 0. The fraction of sp³-hybridized carbons (Fsp3) is 0.571. The van der Waals surface area contributed by atoms with Crippen LogP contribution in [0.2, 0.25) is 0 Å². The van der Waals surface area contributed by atoms with Crippen molar-refractivity contribution < 1.29 is 13.2 Å². The Labute approximate surface area is 156 Å². The van der Waals surface area contributed by atoms with E-state index in [0.717, 1.165) is 24.8 Å². The molecule has 0 aromatic heterocycles. The first-order valence-corrected chi connectivity index (χ1v) is 11.1. The van der Waals surface area contributed by atoms with Gasteiger partial charge in [0.2, 0.25) is 10.0 Å². The number of carbonyl (C=O) groups excluding carboxylic acids is 1. The number of aryl methyl sites for hydroxylation is 1. The fourth-order valence-corrected chi connectivity index (χ4v) is 6.66. The van der Waals surface area contributed by atoms with Gasteiger partial charge in [-0.2, -0.15) is 4.31 Å². The smallest absolute Gasteiger partial charge is 0.243 e. The average molecular weight is 374 g/mol. The number of rotatable bonds is 2. The number of hydrogen-bond donors (Lipinski definition) is 0. The summed E-state index contributed by atoms with van der Waals surface area (Å²) in [5.74, 6) is 1.03. The lowest BCUT2D eigenvalue weighted by molar-refractivity contribution is -0.120. The Hall–Kier alpha value is -1.46.